The minimum absolute atomic E-state index is 0.0535. The molecule has 1 saturated heterocycles. The standard InChI is InChI=1S/C18H25ClN6O/c19-14-10-23-18(24-11-14)22-9-13-3-5-15(6-4-13)21-12-17(26)25-7-1-2-16(25)8-20/h10-11,13,15-16,21H,1-7,9,12H2,(H,22,23,24)/t13?,15?,16-/m0/s1. The van der Waals surface area contributed by atoms with E-state index < -0.39 is 0 Å². The predicted octanol–water partition coefficient (Wildman–Crippen LogP) is 2.20. The van der Waals surface area contributed by atoms with E-state index in [4.69, 9.17) is 16.9 Å². The first kappa shape index (κ1) is 18.9. The quantitative estimate of drug-likeness (QED) is 0.790. The first-order valence-electron chi connectivity index (χ1n) is 9.29. The minimum Gasteiger partial charge on any atom is -0.354 e. The molecule has 1 aromatic heterocycles. The Hall–Kier alpha value is -1.91. The minimum atomic E-state index is -0.235. The third-order valence-electron chi connectivity index (χ3n) is 5.28. The van der Waals surface area contributed by atoms with E-state index in [-0.39, 0.29) is 11.9 Å². The fourth-order valence-electron chi connectivity index (χ4n) is 3.74. The van der Waals surface area contributed by atoms with Gasteiger partial charge in [-0.05, 0) is 44.4 Å². The fourth-order valence-corrected chi connectivity index (χ4v) is 3.84. The van der Waals surface area contributed by atoms with Gasteiger partial charge in [-0.15, -0.1) is 0 Å². The van der Waals surface area contributed by atoms with Crippen molar-refractivity contribution in [3.05, 3.63) is 17.4 Å². The van der Waals surface area contributed by atoms with Crippen molar-refractivity contribution in [3.8, 4) is 6.07 Å². The van der Waals surface area contributed by atoms with E-state index in [9.17, 15) is 4.79 Å². The summed E-state index contributed by atoms with van der Waals surface area (Å²) in [5, 5.41) is 16.3. The molecule has 2 aliphatic rings. The van der Waals surface area contributed by atoms with E-state index in [0.717, 1.165) is 45.1 Å². The molecule has 8 heteroatoms. The van der Waals surface area contributed by atoms with Gasteiger partial charge in [0.25, 0.3) is 0 Å². The van der Waals surface area contributed by atoms with Crippen molar-refractivity contribution in [1.29, 1.82) is 5.26 Å². The number of hydrogen-bond donors (Lipinski definition) is 2. The first-order valence-corrected chi connectivity index (χ1v) is 9.67. The lowest BCUT2D eigenvalue weighted by Gasteiger charge is -2.30. The summed E-state index contributed by atoms with van der Waals surface area (Å²) in [6, 6.07) is 2.37. The van der Waals surface area contributed by atoms with Crippen LogP contribution in [0.2, 0.25) is 5.02 Å². The van der Waals surface area contributed by atoms with E-state index in [1.165, 1.54) is 0 Å². The van der Waals surface area contributed by atoms with Crippen LogP contribution in [-0.4, -0.2) is 52.5 Å². The molecule has 1 amide bonds. The van der Waals surface area contributed by atoms with Crippen molar-refractivity contribution < 1.29 is 4.79 Å². The Morgan fingerprint density at radius 1 is 1.27 bits per heavy atom. The Kier molecular flexibility index (Phi) is 6.64. The number of halogens is 1. The van der Waals surface area contributed by atoms with E-state index in [0.29, 0.717) is 36.0 Å². The predicted molar refractivity (Wildman–Crippen MR) is 99.6 cm³/mol. The molecule has 140 valence electrons. The van der Waals surface area contributed by atoms with Gasteiger partial charge in [-0.3, -0.25) is 4.79 Å². The Morgan fingerprint density at radius 2 is 2.00 bits per heavy atom. The summed E-state index contributed by atoms with van der Waals surface area (Å²) in [5.74, 6) is 1.25. The summed E-state index contributed by atoms with van der Waals surface area (Å²) in [7, 11) is 0. The number of rotatable bonds is 6. The second-order valence-electron chi connectivity index (χ2n) is 7.08. The number of likely N-dealkylation sites (tertiary alicyclic amines) is 1. The number of nitrogens with zero attached hydrogens (tertiary/aromatic N) is 4. The van der Waals surface area contributed by atoms with Crippen LogP contribution in [0.3, 0.4) is 0 Å². The molecule has 2 fully saturated rings. The van der Waals surface area contributed by atoms with Crippen LogP contribution < -0.4 is 10.6 Å². The average molecular weight is 377 g/mol. The van der Waals surface area contributed by atoms with Crippen LogP contribution >= 0.6 is 11.6 Å². The Bertz CT molecular complexity index is 638. The van der Waals surface area contributed by atoms with Gasteiger partial charge in [0.2, 0.25) is 11.9 Å². The van der Waals surface area contributed by atoms with Crippen LogP contribution in [0.5, 0.6) is 0 Å². The number of amides is 1. The van der Waals surface area contributed by atoms with Crippen LogP contribution in [0.4, 0.5) is 5.95 Å². The highest BCUT2D eigenvalue weighted by Gasteiger charge is 2.29. The maximum Gasteiger partial charge on any atom is 0.237 e. The van der Waals surface area contributed by atoms with Gasteiger partial charge in [-0.25, -0.2) is 9.97 Å². The molecule has 2 N–H and O–H groups in total. The SMILES string of the molecule is N#C[C@@H]1CCCN1C(=O)CNC1CCC(CNc2ncc(Cl)cn2)CC1. The van der Waals surface area contributed by atoms with Gasteiger partial charge < -0.3 is 15.5 Å². The van der Waals surface area contributed by atoms with Gasteiger partial charge in [0.15, 0.2) is 0 Å². The molecule has 2 heterocycles. The number of hydrogen-bond acceptors (Lipinski definition) is 6. The highest BCUT2D eigenvalue weighted by atomic mass is 35.5. The maximum absolute atomic E-state index is 12.3. The summed E-state index contributed by atoms with van der Waals surface area (Å²) < 4.78 is 0. The zero-order chi connectivity index (χ0) is 18.4. The molecule has 7 nitrogen and oxygen atoms in total. The second-order valence-corrected chi connectivity index (χ2v) is 7.52. The Morgan fingerprint density at radius 3 is 2.69 bits per heavy atom. The van der Waals surface area contributed by atoms with Gasteiger partial charge >= 0.3 is 0 Å². The summed E-state index contributed by atoms with van der Waals surface area (Å²) in [4.78, 5) is 22.3. The third-order valence-corrected chi connectivity index (χ3v) is 5.48. The number of carbonyl (C=O) groups is 1. The van der Waals surface area contributed by atoms with Crippen molar-refractivity contribution in [3.63, 3.8) is 0 Å². The van der Waals surface area contributed by atoms with Gasteiger partial charge in [0.05, 0.1) is 30.0 Å². The molecule has 0 spiro atoms. The lowest BCUT2D eigenvalue weighted by Crippen LogP contribution is -2.44. The van der Waals surface area contributed by atoms with Crippen molar-refractivity contribution in [1.82, 2.24) is 20.2 Å². The summed E-state index contributed by atoms with van der Waals surface area (Å²) in [6.45, 7) is 1.90. The lowest BCUT2D eigenvalue weighted by molar-refractivity contribution is -0.130. The topological polar surface area (TPSA) is 93.9 Å². The van der Waals surface area contributed by atoms with Crippen molar-refractivity contribution in [2.75, 3.05) is 25.0 Å². The van der Waals surface area contributed by atoms with E-state index in [1.807, 2.05) is 0 Å². The lowest BCUT2D eigenvalue weighted by atomic mass is 9.86. The first-order chi connectivity index (χ1) is 12.7. The molecule has 0 unspecified atom stereocenters. The van der Waals surface area contributed by atoms with Gasteiger partial charge in [-0.2, -0.15) is 5.26 Å². The molecular formula is C18H25ClN6O. The molecule has 1 aliphatic carbocycles. The zero-order valence-electron chi connectivity index (χ0n) is 14.8. The zero-order valence-corrected chi connectivity index (χ0v) is 15.6. The van der Waals surface area contributed by atoms with Crippen LogP contribution in [0.25, 0.3) is 0 Å². The molecule has 1 aromatic rings. The maximum atomic E-state index is 12.3. The molecular weight excluding hydrogens is 352 g/mol. The highest BCUT2D eigenvalue weighted by Crippen LogP contribution is 2.24. The third kappa shape index (κ3) is 5.05. The van der Waals surface area contributed by atoms with Gasteiger partial charge in [0, 0.05) is 19.1 Å². The number of anilines is 1. The molecule has 3 rings (SSSR count). The number of nitrogens with one attached hydrogen (secondary N) is 2. The summed E-state index contributed by atoms with van der Waals surface area (Å²) in [5.41, 5.74) is 0. The Balaban J connectivity index is 1.34. The number of nitriles is 1. The van der Waals surface area contributed by atoms with Crippen LogP contribution in [0, 0.1) is 17.2 Å². The van der Waals surface area contributed by atoms with E-state index in [1.54, 1.807) is 17.3 Å². The summed E-state index contributed by atoms with van der Waals surface area (Å²) in [6.07, 6.45) is 9.24. The molecule has 0 radical (unpaired) electrons. The van der Waals surface area contributed by atoms with E-state index in [2.05, 4.69) is 26.7 Å². The smallest absolute Gasteiger partial charge is 0.237 e. The molecule has 0 bridgehead atoms. The van der Waals surface area contributed by atoms with Crippen LogP contribution in [0.15, 0.2) is 12.4 Å². The molecule has 0 aromatic carbocycles. The summed E-state index contributed by atoms with van der Waals surface area (Å²) >= 11 is 5.78. The highest BCUT2D eigenvalue weighted by molar-refractivity contribution is 6.30. The molecule has 26 heavy (non-hydrogen) atoms. The molecule has 1 aliphatic heterocycles. The second kappa shape index (κ2) is 9.15. The fraction of sp³-hybridized carbons (Fsp3) is 0.667. The largest absolute Gasteiger partial charge is 0.354 e. The van der Waals surface area contributed by atoms with Crippen molar-refractivity contribution in [2.45, 2.75) is 50.6 Å². The van der Waals surface area contributed by atoms with E-state index >= 15 is 0 Å². The number of aromatic nitrogens is 2. The van der Waals surface area contributed by atoms with Crippen molar-refractivity contribution in [2.24, 2.45) is 5.92 Å². The molecule has 1 atom stereocenters. The van der Waals surface area contributed by atoms with Crippen LogP contribution in [0.1, 0.15) is 38.5 Å². The van der Waals surface area contributed by atoms with Crippen molar-refractivity contribution >= 4 is 23.5 Å². The monoisotopic (exact) mass is 376 g/mol. The number of carbonyl (C=O) groups excluding carboxylic acids is 1. The van der Waals surface area contributed by atoms with Gasteiger partial charge in [-0.1, -0.05) is 11.6 Å². The molecule has 1 saturated carbocycles. The Labute approximate surface area is 159 Å². The average Bonchev–Trinajstić information content (AvgIpc) is 3.15. The van der Waals surface area contributed by atoms with Gasteiger partial charge in [0.1, 0.15) is 6.04 Å². The van der Waals surface area contributed by atoms with Crippen LogP contribution in [-0.2, 0) is 4.79 Å². The normalized spacial score (nSPS) is 25.7.